The van der Waals surface area contributed by atoms with Crippen LogP contribution in [0.5, 0.6) is 0 Å². The Labute approximate surface area is 298 Å². The number of rotatable bonds is 15. The van der Waals surface area contributed by atoms with E-state index in [4.69, 9.17) is 4.74 Å². The molecule has 1 aliphatic carbocycles. The van der Waals surface area contributed by atoms with Crippen LogP contribution in [0.1, 0.15) is 88.1 Å². The average Bonchev–Trinajstić information content (AvgIpc) is 3.07. The van der Waals surface area contributed by atoms with Crippen molar-refractivity contribution in [1.29, 1.82) is 0 Å². The lowest BCUT2D eigenvalue weighted by Gasteiger charge is -2.43. The highest BCUT2D eigenvalue weighted by Gasteiger charge is 2.43. The minimum Gasteiger partial charge on any atom is -0.444 e. The molecule has 0 aromatic heterocycles. The smallest absolute Gasteiger partial charge is 0.408 e. The molecule has 1 heterocycles. The van der Waals surface area contributed by atoms with Gasteiger partial charge in [0.25, 0.3) is 11.6 Å². The van der Waals surface area contributed by atoms with Crippen LogP contribution in [-0.2, 0) is 30.9 Å². The normalized spacial score (nSPS) is 17.1. The number of sulfonamides is 1. The van der Waals surface area contributed by atoms with Crippen molar-refractivity contribution in [2.45, 2.75) is 101 Å². The van der Waals surface area contributed by atoms with E-state index in [2.05, 4.69) is 20.7 Å². The van der Waals surface area contributed by atoms with Gasteiger partial charge in [0.05, 0.1) is 9.82 Å². The second-order valence-electron chi connectivity index (χ2n) is 13.9. The fourth-order valence-electron chi connectivity index (χ4n) is 6.06. The number of amides is 4. The Kier molecular flexibility index (Phi) is 13.5. The topological polar surface area (TPSA) is 206 Å². The monoisotopic (exact) mass is 728 g/mol. The third-order valence-electron chi connectivity index (χ3n) is 8.89. The fraction of sp³-hybridized carbons (Fsp3) is 0.543. The summed E-state index contributed by atoms with van der Waals surface area (Å²) in [7, 11) is -3.81. The first kappa shape index (κ1) is 39.2. The zero-order valence-corrected chi connectivity index (χ0v) is 30.1. The van der Waals surface area contributed by atoms with Crippen LogP contribution in [0.15, 0.2) is 53.4 Å². The Morgan fingerprint density at radius 1 is 0.922 bits per heavy atom. The maximum Gasteiger partial charge on any atom is 0.408 e. The summed E-state index contributed by atoms with van der Waals surface area (Å²) in [5.41, 5.74) is 0.280. The molecule has 0 bridgehead atoms. The number of benzene rings is 2. The van der Waals surface area contributed by atoms with Crippen molar-refractivity contribution < 1.29 is 37.3 Å². The number of nitrogens with zero attached hydrogens (tertiary/aromatic N) is 2. The Balaban J connectivity index is 1.18. The first-order valence-corrected chi connectivity index (χ1v) is 18.8. The fourth-order valence-corrected chi connectivity index (χ4v) is 7.13. The van der Waals surface area contributed by atoms with Crippen LogP contribution in [0, 0.1) is 16.0 Å². The summed E-state index contributed by atoms with van der Waals surface area (Å²) in [5.74, 6) is -0.867. The van der Waals surface area contributed by atoms with E-state index >= 15 is 0 Å². The largest absolute Gasteiger partial charge is 0.444 e. The van der Waals surface area contributed by atoms with Gasteiger partial charge < -0.3 is 25.6 Å². The van der Waals surface area contributed by atoms with Crippen molar-refractivity contribution in [1.82, 2.24) is 25.6 Å². The molecular formula is C35H48N6O9S. The minimum absolute atomic E-state index is 0.0177. The van der Waals surface area contributed by atoms with Gasteiger partial charge in [-0.3, -0.25) is 24.5 Å². The lowest BCUT2D eigenvalue weighted by molar-refractivity contribution is -0.384. The summed E-state index contributed by atoms with van der Waals surface area (Å²) in [5, 5.41) is 19.3. The third-order valence-corrected chi connectivity index (χ3v) is 10.4. The Hall–Kier alpha value is -4.57. The number of non-ortho nitro benzene ring substituents is 1. The number of ether oxygens (including phenoxy) is 1. The summed E-state index contributed by atoms with van der Waals surface area (Å²) < 4.78 is 32.6. The van der Waals surface area contributed by atoms with Crippen molar-refractivity contribution >= 4 is 39.5 Å². The molecule has 2 aromatic rings. The number of alkyl carbamates (subject to hydrolysis) is 1. The molecule has 4 N–H and O–H groups in total. The molecule has 1 saturated carbocycles. The highest BCUT2D eigenvalue weighted by molar-refractivity contribution is 7.89. The van der Waals surface area contributed by atoms with E-state index in [1.165, 1.54) is 17.0 Å². The van der Waals surface area contributed by atoms with Gasteiger partial charge in [0, 0.05) is 43.9 Å². The summed E-state index contributed by atoms with van der Waals surface area (Å²) in [6.45, 7) is 6.38. The van der Waals surface area contributed by atoms with Gasteiger partial charge >= 0.3 is 6.09 Å². The van der Waals surface area contributed by atoms with Crippen LogP contribution >= 0.6 is 0 Å². The molecular weight excluding hydrogens is 680 g/mol. The number of nitrogens with one attached hydrogen (secondary N) is 4. The molecule has 16 heteroatoms. The van der Waals surface area contributed by atoms with Crippen molar-refractivity contribution in [2.24, 2.45) is 5.92 Å². The highest BCUT2D eigenvalue weighted by atomic mass is 32.2. The first-order valence-electron chi connectivity index (χ1n) is 17.3. The Bertz CT molecular complexity index is 1650. The molecule has 0 radical (unpaired) electrons. The third kappa shape index (κ3) is 11.5. The van der Waals surface area contributed by atoms with Crippen molar-refractivity contribution in [3.05, 3.63) is 69.8 Å². The lowest BCUT2D eigenvalue weighted by Crippen LogP contribution is -2.63. The van der Waals surface area contributed by atoms with Gasteiger partial charge in [0.1, 0.15) is 17.7 Å². The maximum absolute atomic E-state index is 13.7. The van der Waals surface area contributed by atoms with Crippen molar-refractivity contribution in [2.75, 3.05) is 19.6 Å². The standard InChI is InChI=1S/C35H48N6O9S/c1-35(2,3)50-34(45)39-30(25-9-5-4-6-10-25)33(44)40-22-19-29(40)32(43)37-23-24-11-13-26(14-12-24)31(42)36-20-7-8-21-38-51(48,49)28-17-15-27(16-18-28)41(46)47/h11-18,25,29-30,38H,4-10,19-23H2,1-3H3,(H,36,42)(H,37,43)(H,39,45)/t29-,30+/m0/s1. The molecule has 15 nitrogen and oxygen atoms in total. The zero-order chi connectivity index (χ0) is 37.2. The molecule has 4 amide bonds. The molecule has 1 aliphatic heterocycles. The maximum atomic E-state index is 13.7. The van der Waals surface area contributed by atoms with Crippen LogP contribution in [0.3, 0.4) is 0 Å². The molecule has 0 spiro atoms. The van der Waals surface area contributed by atoms with Gasteiger partial charge in [-0.2, -0.15) is 0 Å². The van der Waals surface area contributed by atoms with E-state index in [1.54, 1.807) is 45.0 Å². The number of hydrogen-bond donors (Lipinski definition) is 4. The van der Waals surface area contributed by atoms with Crippen LogP contribution in [0.4, 0.5) is 10.5 Å². The van der Waals surface area contributed by atoms with E-state index in [9.17, 15) is 37.7 Å². The number of likely N-dealkylation sites (tertiary alicyclic amines) is 1. The first-order chi connectivity index (χ1) is 24.1. The van der Waals surface area contributed by atoms with Crippen LogP contribution in [0.25, 0.3) is 0 Å². The lowest BCUT2D eigenvalue weighted by atomic mass is 9.82. The summed E-state index contributed by atoms with van der Waals surface area (Å²) >= 11 is 0. The molecule has 51 heavy (non-hydrogen) atoms. The molecule has 2 atom stereocenters. The zero-order valence-electron chi connectivity index (χ0n) is 29.3. The summed E-state index contributed by atoms with van der Waals surface area (Å²) in [6.07, 6.45) is 5.54. The predicted octanol–water partition coefficient (Wildman–Crippen LogP) is 3.77. The van der Waals surface area contributed by atoms with E-state index in [0.29, 0.717) is 37.9 Å². The second kappa shape index (κ2) is 17.6. The Morgan fingerprint density at radius 2 is 1.57 bits per heavy atom. The number of nitro benzene ring substituents is 1. The quantitative estimate of drug-likeness (QED) is 0.119. The average molecular weight is 729 g/mol. The van der Waals surface area contributed by atoms with Gasteiger partial charge in [-0.05, 0) is 88.6 Å². The molecule has 2 aliphatic rings. The van der Waals surface area contributed by atoms with E-state index in [-0.39, 0.29) is 47.3 Å². The number of carbonyl (C=O) groups is 4. The number of hydrogen-bond acceptors (Lipinski definition) is 9. The minimum atomic E-state index is -3.81. The number of carbonyl (C=O) groups excluding carboxylic acids is 4. The van der Waals surface area contributed by atoms with E-state index < -0.39 is 38.7 Å². The number of unbranched alkanes of at least 4 members (excludes halogenated alkanes) is 1. The molecule has 2 fully saturated rings. The molecule has 278 valence electrons. The van der Waals surface area contributed by atoms with Gasteiger partial charge in [0.2, 0.25) is 21.8 Å². The molecule has 4 rings (SSSR count). The van der Waals surface area contributed by atoms with Gasteiger partial charge in [-0.25, -0.2) is 17.9 Å². The summed E-state index contributed by atoms with van der Waals surface area (Å²) in [4.78, 5) is 63.6. The molecule has 2 aromatic carbocycles. The number of nitro groups is 1. The SMILES string of the molecule is CC(C)(C)OC(=O)N[C@@H](C(=O)N1CC[C@H]1C(=O)NCc1ccc(C(=O)NCCCCNS(=O)(=O)c2ccc([N+](=O)[O-])cc2)cc1)C1CCCCC1. The van der Waals surface area contributed by atoms with Gasteiger partial charge in [-0.15, -0.1) is 0 Å². The van der Waals surface area contributed by atoms with Crippen LogP contribution in [0.2, 0.25) is 0 Å². The van der Waals surface area contributed by atoms with Gasteiger partial charge in [0.15, 0.2) is 0 Å². The van der Waals surface area contributed by atoms with E-state index in [0.717, 1.165) is 49.8 Å². The molecule has 0 unspecified atom stereocenters. The summed E-state index contributed by atoms with van der Waals surface area (Å²) in [6, 6.07) is 9.97. The predicted molar refractivity (Wildman–Crippen MR) is 188 cm³/mol. The van der Waals surface area contributed by atoms with Crippen LogP contribution in [-0.4, -0.2) is 79.4 Å². The van der Waals surface area contributed by atoms with Crippen molar-refractivity contribution in [3.63, 3.8) is 0 Å². The molecule has 1 saturated heterocycles. The van der Waals surface area contributed by atoms with Crippen LogP contribution < -0.4 is 20.7 Å². The second-order valence-corrected chi connectivity index (χ2v) is 15.7. The Morgan fingerprint density at radius 3 is 2.16 bits per heavy atom. The van der Waals surface area contributed by atoms with Gasteiger partial charge in [-0.1, -0.05) is 31.4 Å². The highest BCUT2D eigenvalue weighted by Crippen LogP contribution is 2.30. The van der Waals surface area contributed by atoms with E-state index in [1.807, 2.05) is 0 Å². The van der Waals surface area contributed by atoms with Crippen molar-refractivity contribution in [3.8, 4) is 0 Å².